The van der Waals surface area contributed by atoms with Gasteiger partial charge < -0.3 is 14.2 Å². The summed E-state index contributed by atoms with van der Waals surface area (Å²) >= 11 is 0. The molecule has 0 aromatic carbocycles. The summed E-state index contributed by atoms with van der Waals surface area (Å²) in [5, 5.41) is 0. The number of carbonyl (C=O) groups is 3. The van der Waals surface area contributed by atoms with Crippen molar-refractivity contribution in [2.75, 3.05) is 13.2 Å². The van der Waals surface area contributed by atoms with E-state index in [0.29, 0.717) is 12.8 Å². The number of rotatable bonds is 49. The van der Waals surface area contributed by atoms with Crippen LogP contribution in [-0.2, 0) is 28.6 Å². The molecule has 6 heteroatoms. The van der Waals surface area contributed by atoms with E-state index in [0.717, 1.165) is 83.5 Å². The molecule has 0 amide bonds. The Morgan fingerprint density at radius 3 is 1.09 bits per heavy atom. The van der Waals surface area contributed by atoms with Crippen LogP contribution in [0.4, 0.5) is 0 Å². The number of hydrogen-bond acceptors (Lipinski definition) is 6. The molecule has 0 fully saturated rings. The predicted molar refractivity (Wildman–Crippen MR) is 284 cm³/mol. The first kappa shape index (κ1) is 62.6. The van der Waals surface area contributed by atoms with Crippen molar-refractivity contribution in [2.45, 2.75) is 264 Å². The van der Waals surface area contributed by atoms with Crippen molar-refractivity contribution in [1.29, 1.82) is 0 Å². The second-order valence-corrected chi connectivity index (χ2v) is 18.1. The summed E-state index contributed by atoms with van der Waals surface area (Å²) in [5.74, 6) is -1.04. The molecule has 6 nitrogen and oxygen atoms in total. The zero-order valence-electron chi connectivity index (χ0n) is 43.2. The van der Waals surface area contributed by atoms with Crippen LogP contribution in [0, 0.1) is 0 Å². The van der Waals surface area contributed by atoms with Crippen LogP contribution < -0.4 is 0 Å². The first-order valence-electron chi connectivity index (χ1n) is 27.6. The van der Waals surface area contributed by atoms with Crippen molar-refractivity contribution >= 4 is 17.9 Å². The van der Waals surface area contributed by atoms with Crippen LogP contribution in [0.15, 0.2) is 85.1 Å². The van der Waals surface area contributed by atoms with Crippen molar-refractivity contribution < 1.29 is 28.6 Å². The van der Waals surface area contributed by atoms with Crippen LogP contribution in [-0.4, -0.2) is 37.2 Å². The van der Waals surface area contributed by atoms with Gasteiger partial charge in [0.15, 0.2) is 6.10 Å². The number of unbranched alkanes of at least 4 members (excludes halogenated alkanes) is 25. The van der Waals surface area contributed by atoms with E-state index in [9.17, 15) is 14.4 Å². The lowest BCUT2D eigenvalue weighted by atomic mass is 10.0. The van der Waals surface area contributed by atoms with Gasteiger partial charge in [0.1, 0.15) is 13.2 Å². The highest BCUT2D eigenvalue weighted by Gasteiger charge is 2.19. The average molecular weight is 919 g/mol. The topological polar surface area (TPSA) is 78.9 Å². The molecule has 0 aliphatic rings. The molecule has 378 valence electrons. The van der Waals surface area contributed by atoms with Gasteiger partial charge in [-0.25, -0.2) is 0 Å². The largest absolute Gasteiger partial charge is 0.462 e. The highest BCUT2D eigenvalue weighted by Crippen LogP contribution is 2.15. The molecule has 66 heavy (non-hydrogen) atoms. The second kappa shape index (κ2) is 54.2. The Morgan fingerprint density at radius 2 is 0.652 bits per heavy atom. The smallest absolute Gasteiger partial charge is 0.309 e. The minimum atomic E-state index is -0.818. The molecule has 1 atom stereocenters. The fraction of sp³-hybridized carbons (Fsp3) is 0.717. The van der Waals surface area contributed by atoms with Gasteiger partial charge in [-0.15, -0.1) is 0 Å². The molecule has 0 rings (SSSR count). The summed E-state index contributed by atoms with van der Waals surface area (Å²) in [6.07, 6.45) is 70.2. The molecule has 0 saturated carbocycles. The summed E-state index contributed by atoms with van der Waals surface area (Å²) in [6.45, 7) is 6.42. The normalized spacial score (nSPS) is 12.7. The lowest BCUT2D eigenvalue weighted by Crippen LogP contribution is -2.30. The maximum Gasteiger partial charge on any atom is 0.309 e. The lowest BCUT2D eigenvalue weighted by molar-refractivity contribution is -0.166. The summed E-state index contributed by atoms with van der Waals surface area (Å²) in [5.41, 5.74) is 0. The summed E-state index contributed by atoms with van der Waals surface area (Å²) < 4.78 is 16.7. The van der Waals surface area contributed by atoms with E-state index < -0.39 is 12.1 Å². The van der Waals surface area contributed by atoms with Gasteiger partial charge in [0, 0.05) is 12.8 Å². The third kappa shape index (κ3) is 51.6. The zero-order valence-corrected chi connectivity index (χ0v) is 43.2. The van der Waals surface area contributed by atoms with Crippen LogP contribution >= 0.6 is 0 Å². The molecule has 0 aromatic heterocycles. The maximum absolute atomic E-state index is 12.8. The molecule has 0 spiro atoms. The maximum atomic E-state index is 12.8. The van der Waals surface area contributed by atoms with Gasteiger partial charge in [0.25, 0.3) is 0 Å². The molecular weight excluding hydrogens is 817 g/mol. The van der Waals surface area contributed by atoms with E-state index in [1.165, 1.54) is 135 Å². The first-order chi connectivity index (χ1) is 32.5. The van der Waals surface area contributed by atoms with Gasteiger partial charge in [0.2, 0.25) is 0 Å². The number of hydrogen-bond donors (Lipinski definition) is 0. The number of esters is 3. The third-order valence-electron chi connectivity index (χ3n) is 11.7. The van der Waals surface area contributed by atoms with Gasteiger partial charge in [-0.2, -0.15) is 0 Å². The predicted octanol–water partition coefficient (Wildman–Crippen LogP) is 18.4. The van der Waals surface area contributed by atoms with E-state index in [1.54, 1.807) is 6.08 Å². The van der Waals surface area contributed by atoms with Crippen LogP contribution in [0.5, 0.6) is 0 Å². The van der Waals surface area contributed by atoms with Gasteiger partial charge in [-0.3, -0.25) is 14.4 Å². The fourth-order valence-corrected chi connectivity index (χ4v) is 7.55. The van der Waals surface area contributed by atoms with Crippen molar-refractivity contribution in [3.63, 3.8) is 0 Å². The Hall–Kier alpha value is -3.41. The molecule has 0 aliphatic carbocycles. The van der Waals surface area contributed by atoms with E-state index in [-0.39, 0.29) is 31.6 Å². The van der Waals surface area contributed by atoms with Gasteiger partial charge >= 0.3 is 17.9 Å². The molecular formula is C60H102O6. The SMILES string of the molecule is CC/C=C\C/C=C\C/C=C\C/C=C\C/C=C\CC(=O)OCC(COC(=O)CCCCCCCCC/C=C\C/C=C\CCCCC)OC(=O)CCCCCCCCCCCCCCCCCC. The van der Waals surface area contributed by atoms with Crippen molar-refractivity contribution in [1.82, 2.24) is 0 Å². The summed E-state index contributed by atoms with van der Waals surface area (Å²) in [7, 11) is 0. The monoisotopic (exact) mass is 919 g/mol. The third-order valence-corrected chi connectivity index (χ3v) is 11.7. The first-order valence-corrected chi connectivity index (χ1v) is 27.6. The fourth-order valence-electron chi connectivity index (χ4n) is 7.55. The lowest BCUT2D eigenvalue weighted by Gasteiger charge is -2.18. The molecule has 1 unspecified atom stereocenters. The molecule has 0 N–H and O–H groups in total. The van der Waals surface area contributed by atoms with Crippen LogP contribution in [0.25, 0.3) is 0 Å². The minimum Gasteiger partial charge on any atom is -0.462 e. The quantitative estimate of drug-likeness (QED) is 0.0262. The standard InChI is InChI=1S/C60H102O6/c1-4-7-10-13-16-19-22-25-28-30-33-35-38-41-44-47-50-53-59(62)65-56-57(55-64-58(61)52-49-46-43-40-37-34-31-27-24-21-18-15-12-9-6-3)66-60(63)54-51-48-45-42-39-36-32-29-26-23-20-17-14-11-8-5-2/h9,12,16,18-19,21,25,27-28,31,37,40,46,49,57H,4-8,10-11,13-15,17,20,22-24,26,29-30,32-36,38-39,41-45,47-48,50-56H2,1-3H3/b12-9-,19-16-,21-18-,28-25-,31-27-,40-37-,49-46-. The highest BCUT2D eigenvalue weighted by molar-refractivity contribution is 5.72. The molecule has 0 radical (unpaired) electrons. The van der Waals surface area contributed by atoms with Crippen LogP contribution in [0.2, 0.25) is 0 Å². The Kier molecular flexibility index (Phi) is 51.4. The second-order valence-electron chi connectivity index (χ2n) is 18.1. The van der Waals surface area contributed by atoms with Crippen molar-refractivity contribution in [3.05, 3.63) is 85.1 Å². The van der Waals surface area contributed by atoms with Crippen molar-refractivity contribution in [3.8, 4) is 0 Å². The number of carbonyl (C=O) groups excluding carboxylic acids is 3. The molecule has 0 saturated heterocycles. The number of ether oxygens (including phenoxy) is 3. The van der Waals surface area contributed by atoms with E-state index in [1.807, 2.05) is 6.08 Å². The summed E-state index contributed by atoms with van der Waals surface area (Å²) in [6, 6.07) is 0. The van der Waals surface area contributed by atoms with Crippen LogP contribution in [0.1, 0.15) is 258 Å². The zero-order chi connectivity index (χ0) is 47.9. The molecule has 0 heterocycles. The summed E-state index contributed by atoms with van der Waals surface area (Å²) in [4.78, 5) is 38.0. The average Bonchev–Trinajstić information content (AvgIpc) is 3.31. The van der Waals surface area contributed by atoms with E-state index in [2.05, 4.69) is 93.7 Å². The minimum absolute atomic E-state index is 0.109. The highest BCUT2D eigenvalue weighted by atomic mass is 16.6. The Morgan fingerprint density at radius 1 is 0.333 bits per heavy atom. The Bertz CT molecular complexity index is 1290. The van der Waals surface area contributed by atoms with E-state index >= 15 is 0 Å². The van der Waals surface area contributed by atoms with Crippen LogP contribution in [0.3, 0.4) is 0 Å². The van der Waals surface area contributed by atoms with E-state index in [4.69, 9.17) is 14.2 Å². The van der Waals surface area contributed by atoms with Gasteiger partial charge in [-0.1, -0.05) is 247 Å². The Labute approximate surface area is 407 Å². The molecule has 0 aromatic rings. The Balaban J connectivity index is 4.49. The van der Waals surface area contributed by atoms with Gasteiger partial charge in [0.05, 0.1) is 6.42 Å². The van der Waals surface area contributed by atoms with Crippen molar-refractivity contribution in [2.24, 2.45) is 0 Å². The van der Waals surface area contributed by atoms with Gasteiger partial charge in [-0.05, 0) is 77.0 Å². The molecule has 0 bridgehead atoms. The molecule has 0 aliphatic heterocycles. The number of allylic oxidation sites excluding steroid dienone is 13.